The minimum Gasteiger partial charge on any atom is -0.335 e. The summed E-state index contributed by atoms with van der Waals surface area (Å²) in [6.45, 7) is -1.17. The number of pyridine rings is 1. The first-order valence-corrected chi connectivity index (χ1v) is 8.04. The summed E-state index contributed by atoms with van der Waals surface area (Å²) in [6.07, 6.45) is -3.79. The van der Waals surface area contributed by atoms with E-state index < -0.39 is 58.5 Å². The molecular weight excluding hydrogens is 397 g/mol. The Labute approximate surface area is 161 Å². The van der Waals surface area contributed by atoms with Crippen molar-refractivity contribution in [3.8, 4) is 0 Å². The van der Waals surface area contributed by atoms with Gasteiger partial charge in [0.2, 0.25) is 11.8 Å². The van der Waals surface area contributed by atoms with E-state index in [0.29, 0.717) is 0 Å². The fourth-order valence-electron chi connectivity index (χ4n) is 2.35. The molecule has 2 aromatic rings. The number of halogens is 3. The van der Waals surface area contributed by atoms with Crippen LogP contribution < -0.4 is 10.9 Å². The topological polar surface area (TPSA) is 115 Å². The molecule has 154 valence electrons. The number of benzene rings is 1. The molecule has 9 nitrogen and oxygen atoms in total. The number of nitro groups is 1. The first kappa shape index (κ1) is 21.6. The van der Waals surface area contributed by atoms with Gasteiger partial charge in [0.1, 0.15) is 6.54 Å². The lowest BCUT2D eigenvalue weighted by Gasteiger charge is -2.18. The molecule has 0 aliphatic carbocycles. The Morgan fingerprint density at radius 3 is 2.48 bits per heavy atom. The van der Waals surface area contributed by atoms with Crippen LogP contribution >= 0.6 is 0 Å². The van der Waals surface area contributed by atoms with Crippen LogP contribution in [0, 0.1) is 10.1 Å². The summed E-state index contributed by atoms with van der Waals surface area (Å²) < 4.78 is 39.7. The van der Waals surface area contributed by atoms with E-state index in [1.807, 2.05) is 0 Å². The molecule has 1 heterocycles. The second-order valence-electron chi connectivity index (χ2n) is 5.95. The summed E-state index contributed by atoms with van der Waals surface area (Å²) in [5.74, 6) is -1.63. The average molecular weight is 412 g/mol. The lowest BCUT2D eigenvalue weighted by Crippen LogP contribution is -2.38. The number of anilines is 1. The third kappa shape index (κ3) is 5.64. The van der Waals surface area contributed by atoms with Gasteiger partial charge in [0.05, 0.1) is 28.9 Å². The smallest absolute Gasteiger partial charge is 0.335 e. The summed E-state index contributed by atoms with van der Waals surface area (Å²) in [4.78, 5) is 46.9. The zero-order valence-electron chi connectivity index (χ0n) is 15.0. The van der Waals surface area contributed by atoms with Gasteiger partial charge in [-0.1, -0.05) is 12.1 Å². The Hall–Kier alpha value is -3.70. The molecule has 0 aliphatic rings. The van der Waals surface area contributed by atoms with Crippen molar-refractivity contribution in [3.05, 3.63) is 68.6 Å². The molecule has 12 heteroatoms. The molecule has 0 bridgehead atoms. The predicted octanol–water partition coefficient (Wildman–Crippen LogP) is 1.87. The van der Waals surface area contributed by atoms with E-state index in [4.69, 9.17) is 0 Å². The van der Waals surface area contributed by atoms with Gasteiger partial charge in [0.15, 0.2) is 0 Å². The zero-order valence-corrected chi connectivity index (χ0v) is 15.0. The zero-order chi connectivity index (χ0) is 21.8. The molecule has 29 heavy (non-hydrogen) atoms. The van der Waals surface area contributed by atoms with E-state index in [1.165, 1.54) is 19.2 Å². The van der Waals surface area contributed by atoms with Crippen LogP contribution in [0.15, 0.2) is 47.4 Å². The van der Waals surface area contributed by atoms with Crippen LogP contribution in [-0.2, 0) is 22.3 Å². The summed E-state index contributed by atoms with van der Waals surface area (Å²) in [5, 5.41) is 12.9. The molecule has 0 atom stereocenters. The Morgan fingerprint density at radius 2 is 1.86 bits per heavy atom. The first-order chi connectivity index (χ1) is 13.5. The van der Waals surface area contributed by atoms with Crippen molar-refractivity contribution in [2.45, 2.75) is 12.7 Å². The van der Waals surface area contributed by atoms with Crippen molar-refractivity contribution < 1.29 is 27.7 Å². The number of hydrogen-bond acceptors (Lipinski definition) is 5. The number of aromatic nitrogens is 1. The highest BCUT2D eigenvalue weighted by Crippen LogP contribution is 2.34. The van der Waals surface area contributed by atoms with E-state index in [0.717, 1.165) is 39.9 Å². The lowest BCUT2D eigenvalue weighted by atomic mass is 10.1. The van der Waals surface area contributed by atoms with E-state index in [1.54, 1.807) is 0 Å². The van der Waals surface area contributed by atoms with Gasteiger partial charge in [-0.05, 0) is 12.1 Å². The standard InChI is InChI=1S/C17H15F3N4O5/c1-22(16(27)10-23-8-11(24(28)29)6-7-15(23)26)9-14(25)21-13-5-3-2-4-12(13)17(18,19)20/h2-8H,9-10H2,1H3,(H,21,25). The fraction of sp³-hybridized carbons (Fsp3) is 0.235. The van der Waals surface area contributed by atoms with Crippen molar-refractivity contribution in [1.82, 2.24) is 9.47 Å². The Balaban J connectivity index is 2.06. The molecule has 0 spiro atoms. The molecule has 0 saturated carbocycles. The Kier molecular flexibility index (Phi) is 6.36. The normalized spacial score (nSPS) is 11.0. The molecule has 0 fully saturated rings. The number of carbonyl (C=O) groups is 2. The number of nitrogens with one attached hydrogen (secondary N) is 1. The minimum absolute atomic E-state index is 0.401. The number of nitrogens with zero attached hydrogens (tertiary/aromatic N) is 3. The highest BCUT2D eigenvalue weighted by molar-refractivity contribution is 5.95. The van der Waals surface area contributed by atoms with Crippen LogP contribution in [0.3, 0.4) is 0 Å². The summed E-state index contributed by atoms with van der Waals surface area (Å²) in [6, 6.07) is 6.27. The fourth-order valence-corrected chi connectivity index (χ4v) is 2.35. The molecule has 2 rings (SSSR count). The van der Waals surface area contributed by atoms with Crippen molar-refractivity contribution in [1.29, 1.82) is 0 Å². The van der Waals surface area contributed by atoms with Crippen LogP contribution in [-0.4, -0.2) is 39.8 Å². The highest BCUT2D eigenvalue weighted by atomic mass is 19.4. The van der Waals surface area contributed by atoms with Gasteiger partial charge in [0.25, 0.3) is 11.2 Å². The molecule has 1 N–H and O–H groups in total. The van der Waals surface area contributed by atoms with Gasteiger partial charge in [0, 0.05) is 19.2 Å². The highest BCUT2D eigenvalue weighted by Gasteiger charge is 2.33. The molecule has 1 aromatic carbocycles. The van der Waals surface area contributed by atoms with Crippen LogP contribution in [0.2, 0.25) is 0 Å². The lowest BCUT2D eigenvalue weighted by molar-refractivity contribution is -0.385. The van der Waals surface area contributed by atoms with Crippen molar-refractivity contribution in [2.75, 3.05) is 18.9 Å². The maximum absolute atomic E-state index is 13.0. The summed E-state index contributed by atoms with van der Waals surface area (Å²) >= 11 is 0. The van der Waals surface area contributed by atoms with Gasteiger partial charge in [-0.2, -0.15) is 13.2 Å². The molecule has 1 aromatic heterocycles. The SMILES string of the molecule is CN(CC(=O)Nc1ccccc1C(F)(F)F)C(=O)Cn1cc([N+](=O)[O-])ccc1=O. The second kappa shape index (κ2) is 8.54. The molecule has 0 saturated heterocycles. The van der Waals surface area contributed by atoms with Gasteiger partial charge in [-0.3, -0.25) is 29.1 Å². The van der Waals surface area contributed by atoms with Crippen LogP contribution in [0.5, 0.6) is 0 Å². The number of amides is 2. The maximum atomic E-state index is 13.0. The number of para-hydroxylation sites is 1. The quantitative estimate of drug-likeness (QED) is 0.575. The van der Waals surface area contributed by atoms with Crippen molar-refractivity contribution >= 4 is 23.2 Å². The predicted molar refractivity (Wildman–Crippen MR) is 95.1 cm³/mol. The average Bonchev–Trinajstić information content (AvgIpc) is 2.62. The molecule has 0 aliphatic heterocycles. The Morgan fingerprint density at radius 1 is 1.21 bits per heavy atom. The monoisotopic (exact) mass is 412 g/mol. The van der Waals surface area contributed by atoms with Gasteiger partial charge >= 0.3 is 6.18 Å². The number of rotatable bonds is 6. The first-order valence-electron chi connectivity index (χ1n) is 8.04. The van der Waals surface area contributed by atoms with E-state index in [2.05, 4.69) is 5.32 Å². The van der Waals surface area contributed by atoms with Gasteiger partial charge in [-0.25, -0.2) is 0 Å². The van der Waals surface area contributed by atoms with Crippen LogP contribution in [0.4, 0.5) is 24.5 Å². The van der Waals surface area contributed by atoms with Gasteiger partial charge < -0.3 is 10.2 Å². The summed E-state index contributed by atoms with van der Waals surface area (Å²) in [7, 11) is 1.21. The van der Waals surface area contributed by atoms with E-state index >= 15 is 0 Å². The van der Waals surface area contributed by atoms with Crippen molar-refractivity contribution in [3.63, 3.8) is 0 Å². The number of likely N-dealkylation sites (N-methyl/N-ethyl adjacent to an activating group) is 1. The number of alkyl halides is 3. The van der Waals surface area contributed by atoms with Crippen molar-refractivity contribution in [2.24, 2.45) is 0 Å². The van der Waals surface area contributed by atoms with E-state index in [-0.39, 0.29) is 0 Å². The second-order valence-corrected chi connectivity index (χ2v) is 5.95. The minimum atomic E-state index is -4.67. The third-order valence-corrected chi connectivity index (χ3v) is 3.80. The number of carbonyl (C=O) groups excluding carboxylic acids is 2. The Bertz CT molecular complexity index is 1000. The molecule has 2 amide bonds. The third-order valence-electron chi connectivity index (χ3n) is 3.80. The maximum Gasteiger partial charge on any atom is 0.418 e. The van der Waals surface area contributed by atoms with Crippen LogP contribution in [0.25, 0.3) is 0 Å². The van der Waals surface area contributed by atoms with Gasteiger partial charge in [-0.15, -0.1) is 0 Å². The molecule has 0 unspecified atom stereocenters. The largest absolute Gasteiger partial charge is 0.418 e. The molecular formula is C17H15F3N4O5. The van der Waals surface area contributed by atoms with E-state index in [9.17, 15) is 37.7 Å². The van der Waals surface area contributed by atoms with Crippen LogP contribution in [0.1, 0.15) is 5.56 Å². The number of hydrogen-bond donors (Lipinski definition) is 1. The molecule has 0 radical (unpaired) electrons. The summed E-state index contributed by atoms with van der Waals surface area (Å²) in [5.41, 5.74) is -2.56.